The molecule has 0 saturated carbocycles. The maximum atomic E-state index is 11.9. The Balaban J connectivity index is 2.01. The van der Waals surface area contributed by atoms with Crippen molar-refractivity contribution in [2.45, 2.75) is 19.4 Å². The zero-order valence-corrected chi connectivity index (χ0v) is 11.5. The third kappa shape index (κ3) is 3.16. The fraction of sp³-hybridized carbons (Fsp3) is 0.500. The minimum Gasteiger partial charge on any atom is -0.358 e. The van der Waals surface area contributed by atoms with Gasteiger partial charge in [0.05, 0.1) is 11.3 Å². The van der Waals surface area contributed by atoms with Crippen molar-refractivity contribution >= 4 is 33.4 Å². The maximum Gasteiger partial charge on any atom is 0.404 e. The van der Waals surface area contributed by atoms with Crippen LogP contribution in [-0.2, 0) is 16.1 Å². The molecule has 0 unspecified atom stereocenters. The Kier molecular flexibility index (Phi) is 3.93. The summed E-state index contributed by atoms with van der Waals surface area (Å²) >= 11 is 3.02. The second kappa shape index (κ2) is 5.47. The van der Waals surface area contributed by atoms with E-state index in [0.717, 1.165) is 0 Å². The highest BCUT2D eigenvalue weighted by Crippen LogP contribution is 2.22. The molecule has 0 radical (unpaired) electrons. The molecule has 1 amide bonds. The summed E-state index contributed by atoms with van der Waals surface area (Å²) < 4.78 is 1.46. The molecule has 0 aromatic carbocycles. The summed E-state index contributed by atoms with van der Waals surface area (Å²) in [6.45, 7) is 0.741. The van der Waals surface area contributed by atoms with Crippen LogP contribution in [0.25, 0.3) is 0 Å². The van der Waals surface area contributed by atoms with Crippen LogP contribution in [0.1, 0.15) is 12.8 Å². The van der Waals surface area contributed by atoms with Crippen molar-refractivity contribution in [3.63, 3.8) is 0 Å². The van der Waals surface area contributed by atoms with Gasteiger partial charge in [-0.05, 0) is 20.9 Å². The number of likely N-dealkylation sites (tertiary alicyclic amines) is 1. The fourth-order valence-electron chi connectivity index (χ4n) is 1.84. The molecule has 2 rings (SSSR count). The standard InChI is InChI=1S/C10H11BrN4O4/c11-8-5-14(12-10(8)15(18)19)6-9(17)13-3-1-7(16)2-4-13/h5H,1-4,6H2. The van der Waals surface area contributed by atoms with Crippen molar-refractivity contribution in [3.05, 3.63) is 20.8 Å². The van der Waals surface area contributed by atoms with Gasteiger partial charge in [-0.3, -0.25) is 9.59 Å². The van der Waals surface area contributed by atoms with Gasteiger partial charge in [0.25, 0.3) is 0 Å². The van der Waals surface area contributed by atoms with E-state index < -0.39 is 4.92 Å². The topological polar surface area (TPSA) is 98.3 Å². The Hall–Kier alpha value is -1.77. The Labute approximate surface area is 116 Å². The van der Waals surface area contributed by atoms with E-state index in [4.69, 9.17) is 0 Å². The number of piperidine rings is 1. The molecule has 1 saturated heterocycles. The molecular weight excluding hydrogens is 320 g/mol. The summed E-state index contributed by atoms with van der Waals surface area (Å²) in [5.74, 6) is -0.361. The first-order chi connectivity index (χ1) is 8.97. The summed E-state index contributed by atoms with van der Waals surface area (Å²) in [5, 5.41) is 14.3. The van der Waals surface area contributed by atoms with E-state index in [2.05, 4.69) is 21.0 Å². The Bertz CT molecular complexity index is 532. The van der Waals surface area contributed by atoms with E-state index in [-0.39, 0.29) is 28.5 Å². The van der Waals surface area contributed by atoms with Gasteiger partial charge in [0.1, 0.15) is 16.8 Å². The van der Waals surface area contributed by atoms with Gasteiger partial charge in [-0.2, -0.15) is 4.68 Å². The highest BCUT2D eigenvalue weighted by atomic mass is 79.9. The van der Waals surface area contributed by atoms with Crippen LogP contribution in [0.4, 0.5) is 5.82 Å². The highest BCUT2D eigenvalue weighted by Gasteiger charge is 2.24. The van der Waals surface area contributed by atoms with Crippen molar-refractivity contribution < 1.29 is 14.5 Å². The van der Waals surface area contributed by atoms with E-state index in [9.17, 15) is 19.7 Å². The van der Waals surface area contributed by atoms with Crippen LogP contribution in [0, 0.1) is 10.1 Å². The van der Waals surface area contributed by atoms with Gasteiger partial charge in [-0.25, -0.2) is 0 Å². The van der Waals surface area contributed by atoms with E-state index >= 15 is 0 Å². The molecule has 0 bridgehead atoms. The van der Waals surface area contributed by atoms with E-state index in [1.54, 1.807) is 4.90 Å². The fourth-order valence-corrected chi connectivity index (χ4v) is 2.30. The molecule has 0 aliphatic carbocycles. The van der Waals surface area contributed by atoms with Crippen LogP contribution in [-0.4, -0.2) is 44.4 Å². The van der Waals surface area contributed by atoms with Gasteiger partial charge in [-0.15, -0.1) is 0 Å². The average molecular weight is 331 g/mol. The molecule has 0 spiro atoms. The number of carbonyl (C=O) groups excluding carboxylic acids is 2. The van der Waals surface area contributed by atoms with Crippen LogP contribution in [0.3, 0.4) is 0 Å². The van der Waals surface area contributed by atoms with Crippen molar-refractivity contribution in [1.29, 1.82) is 0 Å². The van der Waals surface area contributed by atoms with E-state index in [0.29, 0.717) is 25.9 Å². The minimum absolute atomic E-state index is 0.0688. The van der Waals surface area contributed by atoms with Crippen molar-refractivity contribution in [2.75, 3.05) is 13.1 Å². The third-order valence-electron chi connectivity index (χ3n) is 2.84. The van der Waals surface area contributed by atoms with Crippen molar-refractivity contribution in [1.82, 2.24) is 14.7 Å². The second-order valence-corrected chi connectivity index (χ2v) is 5.03. The van der Waals surface area contributed by atoms with Crippen LogP contribution >= 0.6 is 15.9 Å². The first-order valence-electron chi connectivity index (χ1n) is 5.64. The van der Waals surface area contributed by atoms with Gasteiger partial charge >= 0.3 is 5.82 Å². The van der Waals surface area contributed by atoms with Crippen molar-refractivity contribution in [2.24, 2.45) is 0 Å². The lowest BCUT2D eigenvalue weighted by molar-refractivity contribution is -0.390. The van der Waals surface area contributed by atoms with Gasteiger partial charge in [-0.1, -0.05) is 0 Å². The molecule has 1 fully saturated rings. The molecule has 2 heterocycles. The molecule has 102 valence electrons. The number of ketones is 1. The number of carbonyl (C=O) groups is 2. The molecule has 19 heavy (non-hydrogen) atoms. The quantitative estimate of drug-likeness (QED) is 0.601. The molecule has 1 aromatic rings. The van der Waals surface area contributed by atoms with Crippen LogP contribution in [0.2, 0.25) is 0 Å². The number of nitrogens with zero attached hydrogens (tertiary/aromatic N) is 4. The molecular formula is C10H11BrN4O4. The van der Waals surface area contributed by atoms with Crippen molar-refractivity contribution in [3.8, 4) is 0 Å². The summed E-state index contributed by atoms with van der Waals surface area (Å²) in [5.41, 5.74) is 0. The molecule has 1 aromatic heterocycles. The van der Waals surface area contributed by atoms with Gasteiger partial charge < -0.3 is 15.0 Å². The number of halogens is 1. The molecule has 1 aliphatic heterocycles. The van der Waals surface area contributed by atoms with Gasteiger partial charge in [0.15, 0.2) is 0 Å². The average Bonchev–Trinajstić information content (AvgIpc) is 2.71. The van der Waals surface area contributed by atoms with Crippen LogP contribution < -0.4 is 0 Å². The predicted octanol–water partition coefficient (Wildman–Crippen LogP) is 0.745. The first-order valence-corrected chi connectivity index (χ1v) is 6.43. The van der Waals surface area contributed by atoms with E-state index in [1.807, 2.05) is 0 Å². The SMILES string of the molecule is O=C1CCN(C(=O)Cn2cc(Br)c([N+](=O)[O-])n2)CC1. The molecule has 0 N–H and O–H groups in total. The number of hydrogen-bond donors (Lipinski definition) is 0. The largest absolute Gasteiger partial charge is 0.404 e. The molecule has 1 aliphatic rings. The molecule has 8 nitrogen and oxygen atoms in total. The van der Waals surface area contributed by atoms with Gasteiger partial charge in [0.2, 0.25) is 5.91 Å². The second-order valence-electron chi connectivity index (χ2n) is 4.17. The number of Topliss-reactive ketones (excluding diaryl/α,β-unsaturated/α-hetero) is 1. The Morgan fingerprint density at radius 1 is 1.47 bits per heavy atom. The lowest BCUT2D eigenvalue weighted by atomic mass is 10.1. The van der Waals surface area contributed by atoms with Crippen LogP contribution in [0.15, 0.2) is 10.7 Å². The minimum atomic E-state index is -0.620. The lowest BCUT2D eigenvalue weighted by Crippen LogP contribution is -2.40. The number of hydrogen-bond acceptors (Lipinski definition) is 5. The normalized spacial score (nSPS) is 15.6. The van der Waals surface area contributed by atoms with Gasteiger partial charge in [0, 0.05) is 25.9 Å². The van der Waals surface area contributed by atoms with Crippen LogP contribution in [0.5, 0.6) is 0 Å². The number of amides is 1. The molecule has 9 heteroatoms. The first kappa shape index (κ1) is 13.7. The summed E-state index contributed by atoms with van der Waals surface area (Å²) in [4.78, 5) is 34.6. The summed E-state index contributed by atoms with van der Waals surface area (Å²) in [6.07, 6.45) is 2.13. The number of aromatic nitrogens is 2. The number of nitro groups is 1. The number of rotatable bonds is 3. The lowest BCUT2D eigenvalue weighted by Gasteiger charge is -2.25. The predicted molar refractivity (Wildman–Crippen MR) is 67.4 cm³/mol. The summed E-state index contributed by atoms with van der Waals surface area (Å²) in [6, 6.07) is 0. The highest BCUT2D eigenvalue weighted by molar-refractivity contribution is 9.10. The Morgan fingerprint density at radius 3 is 2.63 bits per heavy atom. The zero-order chi connectivity index (χ0) is 14.0. The third-order valence-corrected chi connectivity index (χ3v) is 3.40. The summed E-state index contributed by atoms with van der Waals surface area (Å²) in [7, 11) is 0. The smallest absolute Gasteiger partial charge is 0.358 e. The maximum absolute atomic E-state index is 11.9. The van der Waals surface area contributed by atoms with E-state index in [1.165, 1.54) is 10.9 Å². The monoisotopic (exact) mass is 330 g/mol. The Morgan fingerprint density at radius 2 is 2.11 bits per heavy atom. The molecule has 0 atom stereocenters. The zero-order valence-electron chi connectivity index (χ0n) is 9.91.